The lowest BCUT2D eigenvalue weighted by molar-refractivity contribution is 0.402. The predicted molar refractivity (Wildman–Crippen MR) is 67.6 cm³/mol. The smallest absolute Gasteiger partial charge is 0.244 e. The molecule has 0 fully saturated rings. The van der Waals surface area contributed by atoms with Crippen molar-refractivity contribution in [1.29, 1.82) is 0 Å². The lowest BCUT2D eigenvalue weighted by atomic mass is 10.2. The van der Waals surface area contributed by atoms with Crippen molar-refractivity contribution in [3.63, 3.8) is 0 Å². The summed E-state index contributed by atoms with van der Waals surface area (Å²) >= 11 is 0. The molecule has 96 valence electrons. The Labute approximate surface area is 102 Å². The van der Waals surface area contributed by atoms with Crippen LogP contribution in [0.15, 0.2) is 17.0 Å². The van der Waals surface area contributed by atoms with Crippen molar-refractivity contribution in [3.8, 4) is 5.75 Å². The fraction of sp³-hybridized carbons (Fsp3) is 0.455. The van der Waals surface area contributed by atoms with E-state index >= 15 is 0 Å². The van der Waals surface area contributed by atoms with Gasteiger partial charge in [-0.05, 0) is 31.0 Å². The highest BCUT2D eigenvalue weighted by Crippen LogP contribution is 2.28. The van der Waals surface area contributed by atoms with Gasteiger partial charge in [0.1, 0.15) is 10.6 Å². The van der Waals surface area contributed by atoms with Crippen molar-refractivity contribution in [3.05, 3.63) is 17.7 Å². The molecule has 0 unspecified atom stereocenters. The number of sulfonamides is 1. The molecular weight excluding hydrogens is 240 g/mol. The van der Waals surface area contributed by atoms with Crippen LogP contribution in [0.25, 0.3) is 0 Å². The zero-order valence-corrected chi connectivity index (χ0v) is 11.1. The van der Waals surface area contributed by atoms with Crippen molar-refractivity contribution in [2.24, 2.45) is 0 Å². The first-order chi connectivity index (χ1) is 7.92. The molecule has 6 heteroatoms. The van der Waals surface area contributed by atoms with Gasteiger partial charge in [0.25, 0.3) is 0 Å². The molecule has 0 spiro atoms. The second kappa shape index (κ2) is 5.37. The Balaban J connectivity index is 3.25. The van der Waals surface area contributed by atoms with E-state index in [9.17, 15) is 8.42 Å². The standard InChI is InChI=1S/C11H18N2O3S/c1-4-5-13-17(14,15)11-7-9(12)8(2)6-10(11)16-3/h6-7,13H,4-5,12H2,1-3H3. The summed E-state index contributed by atoms with van der Waals surface area (Å²) in [5, 5.41) is 0. The molecule has 3 N–H and O–H groups in total. The van der Waals surface area contributed by atoms with E-state index in [1.165, 1.54) is 13.2 Å². The van der Waals surface area contributed by atoms with Gasteiger partial charge in [-0.1, -0.05) is 6.92 Å². The average molecular weight is 258 g/mol. The topological polar surface area (TPSA) is 81.4 Å². The van der Waals surface area contributed by atoms with E-state index in [0.717, 1.165) is 12.0 Å². The van der Waals surface area contributed by atoms with Crippen LogP contribution in [-0.2, 0) is 10.0 Å². The Kier molecular flexibility index (Phi) is 4.36. The number of hydrogen-bond acceptors (Lipinski definition) is 4. The number of nitrogen functional groups attached to an aromatic ring is 1. The Morgan fingerprint density at radius 3 is 2.59 bits per heavy atom. The second-order valence-corrected chi connectivity index (χ2v) is 5.49. The van der Waals surface area contributed by atoms with Crippen LogP contribution in [0.3, 0.4) is 0 Å². The van der Waals surface area contributed by atoms with Gasteiger partial charge < -0.3 is 10.5 Å². The minimum Gasteiger partial charge on any atom is -0.495 e. The van der Waals surface area contributed by atoms with E-state index in [1.54, 1.807) is 13.0 Å². The van der Waals surface area contributed by atoms with Gasteiger partial charge in [0.15, 0.2) is 0 Å². The first-order valence-corrected chi connectivity index (χ1v) is 6.84. The molecule has 0 saturated carbocycles. The van der Waals surface area contributed by atoms with Gasteiger partial charge in [-0.25, -0.2) is 13.1 Å². The fourth-order valence-electron chi connectivity index (χ4n) is 1.36. The van der Waals surface area contributed by atoms with Crippen LogP contribution in [0, 0.1) is 6.92 Å². The highest BCUT2D eigenvalue weighted by molar-refractivity contribution is 7.89. The third-order valence-corrected chi connectivity index (χ3v) is 3.87. The van der Waals surface area contributed by atoms with E-state index in [4.69, 9.17) is 10.5 Å². The molecule has 5 nitrogen and oxygen atoms in total. The highest BCUT2D eigenvalue weighted by Gasteiger charge is 2.20. The van der Waals surface area contributed by atoms with E-state index in [-0.39, 0.29) is 4.90 Å². The summed E-state index contributed by atoms with van der Waals surface area (Å²) in [5.74, 6) is 0.306. The van der Waals surface area contributed by atoms with Crippen LogP contribution >= 0.6 is 0 Å². The van der Waals surface area contributed by atoms with Crippen molar-refractivity contribution in [1.82, 2.24) is 4.72 Å². The molecular formula is C11H18N2O3S. The number of rotatable bonds is 5. The molecule has 17 heavy (non-hydrogen) atoms. The Hall–Kier alpha value is -1.27. The quantitative estimate of drug-likeness (QED) is 0.779. The van der Waals surface area contributed by atoms with Gasteiger partial charge in [-0.15, -0.1) is 0 Å². The zero-order chi connectivity index (χ0) is 13.1. The van der Waals surface area contributed by atoms with Crippen LogP contribution < -0.4 is 15.2 Å². The van der Waals surface area contributed by atoms with Crippen molar-refractivity contribution in [2.75, 3.05) is 19.4 Å². The van der Waals surface area contributed by atoms with Gasteiger partial charge in [0, 0.05) is 12.2 Å². The summed E-state index contributed by atoms with van der Waals surface area (Å²) in [6.07, 6.45) is 0.725. The first kappa shape index (κ1) is 13.8. The normalized spacial score (nSPS) is 11.5. The molecule has 0 saturated heterocycles. The number of aryl methyl sites for hydroxylation is 1. The molecule has 0 aliphatic carbocycles. The highest BCUT2D eigenvalue weighted by atomic mass is 32.2. The predicted octanol–water partition coefficient (Wildman–Crippen LogP) is 1.27. The summed E-state index contributed by atoms with van der Waals surface area (Å²) in [4.78, 5) is 0.0801. The van der Waals surface area contributed by atoms with Crippen LogP contribution in [0.5, 0.6) is 5.75 Å². The second-order valence-electron chi connectivity index (χ2n) is 3.76. The molecule has 1 aromatic carbocycles. The van der Waals surface area contributed by atoms with Gasteiger partial charge in [-0.3, -0.25) is 0 Å². The number of methoxy groups -OCH3 is 1. The van der Waals surface area contributed by atoms with E-state index < -0.39 is 10.0 Å². The molecule has 0 amide bonds. The number of nitrogens with two attached hydrogens (primary N) is 1. The number of nitrogens with one attached hydrogen (secondary N) is 1. The van der Waals surface area contributed by atoms with Gasteiger partial charge >= 0.3 is 0 Å². The Bertz CT molecular complexity index is 498. The molecule has 0 bridgehead atoms. The molecule has 1 rings (SSSR count). The molecule has 0 atom stereocenters. The van der Waals surface area contributed by atoms with E-state index in [0.29, 0.717) is 18.0 Å². The lowest BCUT2D eigenvalue weighted by Crippen LogP contribution is -2.25. The fourth-order valence-corrected chi connectivity index (χ4v) is 2.68. The summed E-state index contributed by atoms with van der Waals surface area (Å²) in [7, 11) is -2.13. The van der Waals surface area contributed by atoms with Crippen molar-refractivity contribution >= 4 is 15.7 Å². The third kappa shape index (κ3) is 3.10. The van der Waals surface area contributed by atoms with Crippen LogP contribution in [0.2, 0.25) is 0 Å². The number of hydrogen-bond donors (Lipinski definition) is 2. The van der Waals surface area contributed by atoms with Gasteiger partial charge in [-0.2, -0.15) is 0 Å². The van der Waals surface area contributed by atoms with E-state index in [2.05, 4.69) is 4.72 Å². The maximum Gasteiger partial charge on any atom is 0.244 e. The van der Waals surface area contributed by atoms with E-state index in [1.807, 2.05) is 6.92 Å². The Morgan fingerprint density at radius 1 is 1.41 bits per heavy atom. The summed E-state index contributed by atoms with van der Waals surface area (Å²) in [5.41, 5.74) is 6.94. The summed E-state index contributed by atoms with van der Waals surface area (Å²) in [6.45, 7) is 4.08. The molecule has 0 heterocycles. The number of benzene rings is 1. The van der Waals surface area contributed by atoms with Crippen LogP contribution in [0.4, 0.5) is 5.69 Å². The maximum atomic E-state index is 12.0. The lowest BCUT2D eigenvalue weighted by Gasteiger charge is -2.12. The minimum absolute atomic E-state index is 0.0801. The van der Waals surface area contributed by atoms with Crippen molar-refractivity contribution in [2.45, 2.75) is 25.2 Å². The Morgan fingerprint density at radius 2 is 2.06 bits per heavy atom. The monoisotopic (exact) mass is 258 g/mol. The summed E-state index contributed by atoms with van der Waals surface area (Å²) in [6, 6.07) is 3.04. The average Bonchev–Trinajstić information content (AvgIpc) is 2.29. The maximum absolute atomic E-state index is 12.0. The molecule has 1 aromatic rings. The first-order valence-electron chi connectivity index (χ1n) is 5.36. The molecule has 0 aliphatic rings. The SMILES string of the molecule is CCCNS(=O)(=O)c1cc(N)c(C)cc1OC. The zero-order valence-electron chi connectivity index (χ0n) is 10.3. The van der Waals surface area contributed by atoms with Crippen LogP contribution in [0.1, 0.15) is 18.9 Å². The number of anilines is 1. The van der Waals surface area contributed by atoms with Crippen LogP contribution in [-0.4, -0.2) is 22.1 Å². The molecule has 0 aromatic heterocycles. The molecule has 0 aliphatic heterocycles. The molecule has 0 radical (unpaired) electrons. The largest absolute Gasteiger partial charge is 0.495 e. The van der Waals surface area contributed by atoms with Gasteiger partial charge in [0.2, 0.25) is 10.0 Å². The minimum atomic E-state index is -3.56. The van der Waals surface area contributed by atoms with Gasteiger partial charge in [0.05, 0.1) is 7.11 Å². The third-order valence-electron chi connectivity index (χ3n) is 2.38. The summed E-state index contributed by atoms with van der Waals surface area (Å²) < 4.78 is 31.5. The number of ether oxygens (including phenoxy) is 1. The van der Waals surface area contributed by atoms with Crippen molar-refractivity contribution < 1.29 is 13.2 Å².